The fraction of sp³-hybridized carbons (Fsp3) is 0.407. The summed E-state index contributed by atoms with van der Waals surface area (Å²) < 4.78 is 35.4. The first kappa shape index (κ1) is 21.7. The lowest BCUT2D eigenvalue weighted by atomic mass is 9.98. The smallest absolute Gasteiger partial charge is 0.145 e. The monoisotopic (exact) mass is 512 g/mol. The van der Waals surface area contributed by atoms with Gasteiger partial charge >= 0.3 is 0 Å². The molecule has 3 heterocycles. The van der Waals surface area contributed by atoms with Crippen LogP contribution in [0.5, 0.6) is 0 Å². The van der Waals surface area contributed by atoms with Gasteiger partial charge in [-0.3, -0.25) is 0 Å². The van der Waals surface area contributed by atoms with E-state index in [1.807, 2.05) is 12.1 Å². The van der Waals surface area contributed by atoms with Crippen LogP contribution in [0.2, 0.25) is 10.0 Å². The number of benzene rings is 2. The number of nitriles is 1. The Hall–Kier alpha value is -2.59. The summed E-state index contributed by atoms with van der Waals surface area (Å²) in [6, 6.07) is 12.3. The van der Waals surface area contributed by atoms with Gasteiger partial charge in [-0.2, -0.15) is 5.26 Å². The number of hydrogen-bond acceptors (Lipinski definition) is 5. The first-order chi connectivity index (χ1) is 17.4. The predicted molar refractivity (Wildman–Crippen MR) is 132 cm³/mol. The minimum absolute atomic E-state index is 0.0518. The van der Waals surface area contributed by atoms with Crippen LogP contribution in [0, 0.1) is 17.1 Å². The molecule has 3 aliphatic rings. The Morgan fingerprint density at radius 2 is 1.86 bits per heavy atom. The zero-order chi connectivity index (χ0) is 25.0. The first-order valence-corrected chi connectivity index (χ1v) is 12.7. The molecule has 1 aliphatic carbocycles. The van der Waals surface area contributed by atoms with Crippen molar-refractivity contribution in [1.82, 2.24) is 5.16 Å². The van der Waals surface area contributed by atoms with E-state index in [1.165, 1.54) is 6.07 Å². The average molecular weight is 513 g/mol. The third-order valence-corrected chi connectivity index (χ3v) is 7.97. The van der Waals surface area contributed by atoms with E-state index in [2.05, 4.69) is 10.1 Å². The molecule has 3 aromatic rings. The Kier molecular flexibility index (Phi) is 5.65. The predicted octanol–water partition coefficient (Wildman–Crippen LogP) is 7.25. The van der Waals surface area contributed by atoms with Gasteiger partial charge in [-0.05, 0) is 68.9 Å². The molecule has 0 amide bonds. The maximum absolute atomic E-state index is 14.3. The highest BCUT2D eigenvalue weighted by molar-refractivity contribution is 6.39. The van der Waals surface area contributed by atoms with Gasteiger partial charge in [0.25, 0.3) is 0 Å². The Balaban J connectivity index is 1.24. The molecular weight excluding hydrogens is 488 g/mol. The Labute approximate surface area is 214 Å². The lowest BCUT2D eigenvalue weighted by Crippen LogP contribution is -2.45. The quantitative estimate of drug-likeness (QED) is 0.347. The number of halogens is 3. The van der Waals surface area contributed by atoms with Crippen LogP contribution < -0.4 is 4.90 Å². The highest BCUT2D eigenvalue weighted by atomic mass is 35.5. The SMILES string of the molecule is [2H]C(OC1C[C@H]2CC[C@@H](C1)N2c1ccc(C#N)c(F)c1)c1c(-c2c(Cl)cccc2Cl)noc1C1CC1. The van der Waals surface area contributed by atoms with Crippen molar-refractivity contribution in [2.75, 3.05) is 4.90 Å². The number of piperidine rings is 1. The molecule has 0 radical (unpaired) electrons. The standard InChI is InChI=1S/C27H24Cl2FN3O2/c28-22-2-1-3-23(29)25(22)26-21(27(35-32-26)15-4-5-15)14-34-20-10-17-8-9-18(11-20)33(17)19-7-6-16(13-31)24(30)12-19/h1-3,6-7,12,15,17-18,20H,4-5,8-11,14H2/t17-,18+,20?/i14D/t14?,17-,18+,20?. The molecule has 2 unspecified atom stereocenters. The van der Waals surface area contributed by atoms with Crippen molar-refractivity contribution >= 4 is 28.9 Å². The van der Waals surface area contributed by atoms with E-state index in [-0.39, 0.29) is 29.7 Å². The minimum Gasteiger partial charge on any atom is -0.373 e. The van der Waals surface area contributed by atoms with Gasteiger partial charge < -0.3 is 14.2 Å². The topological polar surface area (TPSA) is 62.3 Å². The van der Waals surface area contributed by atoms with Crippen LogP contribution in [0.4, 0.5) is 10.1 Å². The largest absolute Gasteiger partial charge is 0.373 e. The fourth-order valence-electron chi connectivity index (χ4n) is 5.55. The second-order valence-electron chi connectivity index (χ2n) is 9.60. The van der Waals surface area contributed by atoms with E-state index in [0.717, 1.165) is 44.2 Å². The van der Waals surface area contributed by atoms with E-state index < -0.39 is 12.4 Å². The van der Waals surface area contributed by atoms with Gasteiger partial charge in [0.2, 0.25) is 0 Å². The van der Waals surface area contributed by atoms with Crippen LogP contribution in [0.15, 0.2) is 40.9 Å². The van der Waals surface area contributed by atoms with Crippen molar-refractivity contribution in [2.24, 2.45) is 0 Å². The second-order valence-corrected chi connectivity index (χ2v) is 10.4. The second kappa shape index (κ2) is 9.13. The summed E-state index contributed by atoms with van der Waals surface area (Å²) in [7, 11) is 0. The number of hydrogen-bond donors (Lipinski definition) is 0. The maximum atomic E-state index is 14.3. The number of rotatable bonds is 6. The highest BCUT2D eigenvalue weighted by Gasteiger charge is 2.42. The molecule has 0 N–H and O–H groups in total. The normalized spacial score (nSPS) is 24.8. The molecule has 4 atom stereocenters. The maximum Gasteiger partial charge on any atom is 0.145 e. The van der Waals surface area contributed by atoms with Gasteiger partial charge in [0.05, 0.1) is 29.7 Å². The summed E-state index contributed by atoms with van der Waals surface area (Å²) in [5, 5.41) is 14.2. The van der Waals surface area contributed by atoms with Crippen LogP contribution in [-0.4, -0.2) is 23.3 Å². The van der Waals surface area contributed by atoms with Crippen molar-refractivity contribution < 1.29 is 15.0 Å². The van der Waals surface area contributed by atoms with Crippen LogP contribution in [-0.2, 0) is 11.3 Å². The van der Waals surface area contributed by atoms with Crippen molar-refractivity contribution in [3.8, 4) is 17.3 Å². The van der Waals surface area contributed by atoms with Crippen LogP contribution in [0.3, 0.4) is 0 Å². The van der Waals surface area contributed by atoms with E-state index in [4.69, 9.17) is 39.1 Å². The van der Waals surface area contributed by atoms with Gasteiger partial charge in [0.1, 0.15) is 23.3 Å². The van der Waals surface area contributed by atoms with E-state index >= 15 is 0 Å². The molecule has 1 saturated carbocycles. The number of nitrogens with zero attached hydrogens (tertiary/aromatic N) is 3. The lowest BCUT2D eigenvalue weighted by Gasteiger charge is -2.40. The molecule has 8 heteroatoms. The molecule has 2 aliphatic heterocycles. The Bertz CT molecular complexity index is 1320. The summed E-state index contributed by atoms with van der Waals surface area (Å²) in [6.07, 6.45) is 5.30. The van der Waals surface area contributed by atoms with Crippen molar-refractivity contribution in [1.29, 1.82) is 5.26 Å². The zero-order valence-electron chi connectivity index (χ0n) is 19.9. The summed E-state index contributed by atoms with van der Waals surface area (Å²) in [4.78, 5) is 2.26. The molecule has 2 aromatic carbocycles. The molecule has 1 aromatic heterocycles. The lowest BCUT2D eigenvalue weighted by molar-refractivity contribution is 0.0147. The van der Waals surface area contributed by atoms with Gasteiger partial charge in [0.15, 0.2) is 0 Å². The van der Waals surface area contributed by atoms with Crippen molar-refractivity contribution in [2.45, 2.75) is 69.2 Å². The summed E-state index contributed by atoms with van der Waals surface area (Å²) >= 11 is 12.9. The first-order valence-electron chi connectivity index (χ1n) is 12.5. The molecule has 5 nitrogen and oxygen atoms in total. The van der Waals surface area contributed by atoms with Crippen molar-refractivity contribution in [3.63, 3.8) is 0 Å². The van der Waals surface area contributed by atoms with E-state index in [0.29, 0.717) is 32.6 Å². The summed E-state index contributed by atoms with van der Waals surface area (Å²) in [5.74, 6) is 0.433. The van der Waals surface area contributed by atoms with Crippen LogP contribution >= 0.6 is 23.2 Å². The molecular formula is C27H24Cl2FN3O2. The Morgan fingerprint density at radius 1 is 1.14 bits per heavy atom. The van der Waals surface area contributed by atoms with Crippen LogP contribution in [0.25, 0.3) is 11.3 Å². The molecule has 0 spiro atoms. The fourth-order valence-corrected chi connectivity index (χ4v) is 6.12. The molecule has 180 valence electrons. The van der Waals surface area contributed by atoms with Crippen molar-refractivity contribution in [3.05, 3.63) is 69.1 Å². The molecule has 2 saturated heterocycles. The minimum atomic E-state index is -0.988. The molecule has 35 heavy (non-hydrogen) atoms. The van der Waals surface area contributed by atoms with Crippen LogP contribution in [0.1, 0.15) is 62.7 Å². The number of ether oxygens (including phenoxy) is 1. The molecule has 6 rings (SSSR count). The molecule has 2 bridgehead atoms. The zero-order valence-corrected chi connectivity index (χ0v) is 20.4. The van der Waals surface area contributed by atoms with Gasteiger partial charge in [-0.15, -0.1) is 0 Å². The van der Waals surface area contributed by atoms with E-state index in [1.54, 1.807) is 24.3 Å². The van der Waals surface area contributed by atoms with Gasteiger partial charge in [-0.1, -0.05) is 34.4 Å². The summed E-state index contributed by atoms with van der Waals surface area (Å²) in [5.41, 5.74) is 2.49. The highest BCUT2D eigenvalue weighted by Crippen LogP contribution is 2.47. The Morgan fingerprint density at radius 3 is 2.49 bits per heavy atom. The number of anilines is 1. The van der Waals surface area contributed by atoms with Gasteiger partial charge in [-0.25, -0.2) is 4.39 Å². The average Bonchev–Trinajstić information content (AvgIpc) is 3.55. The number of aromatic nitrogens is 1. The summed E-state index contributed by atoms with van der Waals surface area (Å²) in [6.45, 7) is -0.988. The third-order valence-electron chi connectivity index (χ3n) is 7.34. The van der Waals surface area contributed by atoms with Gasteiger partial charge in [0, 0.05) is 34.8 Å². The third kappa shape index (κ3) is 4.20. The van der Waals surface area contributed by atoms with E-state index in [9.17, 15) is 4.39 Å². The molecule has 3 fully saturated rings. The number of fused-ring (bicyclic) bond motifs is 2.